The predicted molar refractivity (Wildman–Crippen MR) is 79.0 cm³/mol. The van der Waals surface area contributed by atoms with Crippen LogP contribution in [0.1, 0.15) is 37.6 Å². The Morgan fingerprint density at radius 2 is 2.05 bits per heavy atom. The third-order valence-electron chi connectivity index (χ3n) is 3.50. The molecule has 0 spiro atoms. The summed E-state index contributed by atoms with van der Waals surface area (Å²) in [5.74, 6) is -1.56. The van der Waals surface area contributed by atoms with Crippen molar-refractivity contribution < 1.29 is 8.78 Å². The molecule has 0 radical (unpaired) electrons. The molecule has 5 heteroatoms. The lowest BCUT2D eigenvalue weighted by Crippen LogP contribution is -2.27. The minimum absolute atomic E-state index is 0.0799. The highest BCUT2D eigenvalue weighted by Crippen LogP contribution is 2.21. The van der Waals surface area contributed by atoms with Gasteiger partial charge in [0, 0.05) is 12.7 Å². The number of aryl methyl sites for hydroxylation is 1. The molecule has 21 heavy (non-hydrogen) atoms. The third kappa shape index (κ3) is 3.67. The molecule has 0 aliphatic rings. The molecule has 1 atom stereocenters. The fourth-order valence-corrected chi connectivity index (χ4v) is 2.43. The van der Waals surface area contributed by atoms with Crippen molar-refractivity contribution in [3.8, 4) is 0 Å². The van der Waals surface area contributed by atoms with Crippen molar-refractivity contribution in [1.82, 2.24) is 15.1 Å². The van der Waals surface area contributed by atoms with Crippen LogP contribution in [-0.2, 0) is 13.0 Å². The van der Waals surface area contributed by atoms with Crippen molar-refractivity contribution in [2.75, 3.05) is 6.54 Å². The van der Waals surface area contributed by atoms with Crippen LogP contribution < -0.4 is 5.32 Å². The maximum Gasteiger partial charge on any atom is 0.162 e. The summed E-state index contributed by atoms with van der Waals surface area (Å²) in [4.78, 5) is 0. The summed E-state index contributed by atoms with van der Waals surface area (Å²) < 4.78 is 29.1. The number of hydrogen-bond acceptors (Lipinski definition) is 2. The fraction of sp³-hybridized carbons (Fsp3) is 0.438. The van der Waals surface area contributed by atoms with E-state index in [0.717, 1.165) is 31.3 Å². The number of nitrogens with zero attached hydrogens (tertiary/aromatic N) is 2. The average molecular weight is 293 g/mol. The van der Waals surface area contributed by atoms with Gasteiger partial charge in [0.05, 0.1) is 11.7 Å². The van der Waals surface area contributed by atoms with E-state index in [1.807, 2.05) is 17.7 Å². The van der Waals surface area contributed by atoms with Gasteiger partial charge in [0.1, 0.15) is 0 Å². The van der Waals surface area contributed by atoms with Crippen LogP contribution in [0, 0.1) is 11.6 Å². The van der Waals surface area contributed by atoms with Gasteiger partial charge in [-0.25, -0.2) is 8.78 Å². The molecule has 1 heterocycles. The summed E-state index contributed by atoms with van der Waals surface area (Å²) in [6.07, 6.45) is 3.11. The summed E-state index contributed by atoms with van der Waals surface area (Å²) in [6, 6.07) is 6.16. The second-order valence-electron chi connectivity index (χ2n) is 5.00. The number of nitrogens with one attached hydrogen (secondary N) is 1. The number of halogens is 2. The molecule has 0 aliphatic carbocycles. The van der Waals surface area contributed by atoms with Crippen molar-refractivity contribution in [1.29, 1.82) is 0 Å². The molecule has 3 nitrogen and oxygen atoms in total. The van der Waals surface area contributed by atoms with Crippen LogP contribution in [0.5, 0.6) is 0 Å². The minimum Gasteiger partial charge on any atom is -0.308 e. The standard InChI is InChI=1S/C16H21F2N3/c1-3-9-19-14(15-8-10-20-21(15)4-2)11-12-6-5-7-13(17)16(12)18/h5-8,10,14,19H,3-4,9,11H2,1-2H3. The van der Waals surface area contributed by atoms with Crippen molar-refractivity contribution in [3.63, 3.8) is 0 Å². The number of hydrogen-bond donors (Lipinski definition) is 1. The Kier molecular flexibility index (Phi) is 5.44. The van der Waals surface area contributed by atoms with E-state index in [1.165, 1.54) is 0 Å². The molecule has 0 bridgehead atoms. The van der Waals surface area contributed by atoms with Crippen molar-refractivity contribution >= 4 is 0 Å². The number of benzene rings is 1. The normalized spacial score (nSPS) is 12.6. The molecule has 0 saturated carbocycles. The lowest BCUT2D eigenvalue weighted by atomic mass is 10.0. The molecule has 114 valence electrons. The highest BCUT2D eigenvalue weighted by atomic mass is 19.2. The zero-order valence-electron chi connectivity index (χ0n) is 12.4. The van der Waals surface area contributed by atoms with Crippen LogP contribution in [0.4, 0.5) is 8.78 Å². The SMILES string of the molecule is CCCNC(Cc1cccc(F)c1F)c1ccnn1CC. The van der Waals surface area contributed by atoms with Crippen LogP contribution in [0.3, 0.4) is 0 Å². The lowest BCUT2D eigenvalue weighted by molar-refractivity contribution is 0.456. The predicted octanol–water partition coefficient (Wildman–Crippen LogP) is 3.46. The topological polar surface area (TPSA) is 29.9 Å². The van der Waals surface area contributed by atoms with Gasteiger partial charge in [-0.05, 0) is 44.0 Å². The van der Waals surface area contributed by atoms with E-state index in [9.17, 15) is 8.78 Å². The summed E-state index contributed by atoms with van der Waals surface area (Å²) in [7, 11) is 0. The first-order chi connectivity index (χ1) is 10.2. The van der Waals surface area contributed by atoms with Gasteiger partial charge in [-0.2, -0.15) is 5.10 Å². The maximum absolute atomic E-state index is 13.9. The van der Waals surface area contributed by atoms with E-state index in [1.54, 1.807) is 18.3 Å². The Bertz CT molecular complexity index is 581. The number of aromatic nitrogens is 2. The summed E-state index contributed by atoms with van der Waals surface area (Å²) in [5, 5.41) is 7.65. The molecule has 0 fully saturated rings. The second-order valence-corrected chi connectivity index (χ2v) is 5.00. The van der Waals surface area contributed by atoms with E-state index in [2.05, 4.69) is 17.3 Å². The van der Waals surface area contributed by atoms with Gasteiger partial charge in [0.15, 0.2) is 11.6 Å². The van der Waals surface area contributed by atoms with Crippen molar-refractivity contribution in [3.05, 3.63) is 53.4 Å². The molecule has 1 N–H and O–H groups in total. The first-order valence-electron chi connectivity index (χ1n) is 7.35. The van der Waals surface area contributed by atoms with E-state index >= 15 is 0 Å². The highest BCUT2D eigenvalue weighted by molar-refractivity contribution is 5.22. The third-order valence-corrected chi connectivity index (χ3v) is 3.50. The van der Waals surface area contributed by atoms with Crippen molar-refractivity contribution in [2.45, 2.75) is 39.3 Å². The summed E-state index contributed by atoms with van der Waals surface area (Å²) in [5.41, 5.74) is 1.38. The monoisotopic (exact) mass is 293 g/mol. The highest BCUT2D eigenvalue weighted by Gasteiger charge is 2.18. The largest absolute Gasteiger partial charge is 0.308 e. The van der Waals surface area contributed by atoms with Crippen LogP contribution >= 0.6 is 0 Å². The van der Waals surface area contributed by atoms with Gasteiger partial charge < -0.3 is 5.32 Å². The minimum atomic E-state index is -0.800. The Hall–Kier alpha value is -1.75. The molecule has 1 unspecified atom stereocenters. The van der Waals surface area contributed by atoms with Gasteiger partial charge in [-0.15, -0.1) is 0 Å². The quantitative estimate of drug-likeness (QED) is 0.847. The van der Waals surface area contributed by atoms with E-state index in [4.69, 9.17) is 0 Å². The smallest absolute Gasteiger partial charge is 0.162 e. The van der Waals surface area contributed by atoms with E-state index < -0.39 is 11.6 Å². The molecule has 2 rings (SSSR count). The van der Waals surface area contributed by atoms with Gasteiger partial charge in [0.25, 0.3) is 0 Å². The summed E-state index contributed by atoms with van der Waals surface area (Å²) in [6.45, 7) is 5.65. The van der Waals surface area contributed by atoms with Crippen molar-refractivity contribution in [2.24, 2.45) is 0 Å². The molecular weight excluding hydrogens is 272 g/mol. The van der Waals surface area contributed by atoms with Crippen LogP contribution in [0.25, 0.3) is 0 Å². The van der Waals surface area contributed by atoms with Gasteiger partial charge in [-0.3, -0.25) is 4.68 Å². The van der Waals surface area contributed by atoms with E-state index in [-0.39, 0.29) is 6.04 Å². The molecular formula is C16H21F2N3. The van der Waals surface area contributed by atoms with Gasteiger partial charge in [0.2, 0.25) is 0 Å². The van der Waals surface area contributed by atoms with E-state index in [0.29, 0.717) is 12.0 Å². The lowest BCUT2D eigenvalue weighted by Gasteiger charge is -2.20. The Morgan fingerprint density at radius 3 is 2.76 bits per heavy atom. The molecule has 0 saturated heterocycles. The second kappa shape index (κ2) is 7.31. The van der Waals surface area contributed by atoms with Gasteiger partial charge >= 0.3 is 0 Å². The van der Waals surface area contributed by atoms with Crippen LogP contribution in [-0.4, -0.2) is 16.3 Å². The molecule has 0 aliphatic heterocycles. The average Bonchev–Trinajstić information content (AvgIpc) is 2.96. The Morgan fingerprint density at radius 1 is 1.24 bits per heavy atom. The first-order valence-corrected chi connectivity index (χ1v) is 7.35. The molecule has 1 aromatic carbocycles. The number of rotatable bonds is 7. The fourth-order valence-electron chi connectivity index (χ4n) is 2.43. The molecule has 1 aromatic heterocycles. The maximum atomic E-state index is 13.9. The van der Waals surface area contributed by atoms with Gasteiger partial charge in [-0.1, -0.05) is 19.1 Å². The van der Waals surface area contributed by atoms with Crippen LogP contribution in [0.15, 0.2) is 30.5 Å². The summed E-state index contributed by atoms with van der Waals surface area (Å²) >= 11 is 0. The Balaban J connectivity index is 2.26. The molecule has 0 amide bonds. The molecule has 2 aromatic rings. The zero-order valence-corrected chi connectivity index (χ0v) is 12.4. The zero-order chi connectivity index (χ0) is 15.2. The first kappa shape index (κ1) is 15.6. The Labute approximate surface area is 124 Å². The van der Waals surface area contributed by atoms with Crippen LogP contribution in [0.2, 0.25) is 0 Å².